The van der Waals surface area contributed by atoms with Crippen molar-refractivity contribution in [3.05, 3.63) is 29.8 Å². The van der Waals surface area contributed by atoms with Crippen LogP contribution in [0.1, 0.15) is 31.2 Å². The van der Waals surface area contributed by atoms with E-state index in [2.05, 4.69) is 24.3 Å². The Kier molecular flexibility index (Phi) is 5.41. The minimum atomic E-state index is -0.884. The third kappa shape index (κ3) is 4.00. The van der Waals surface area contributed by atoms with Gasteiger partial charge < -0.3 is 14.9 Å². The van der Waals surface area contributed by atoms with Crippen LogP contribution in [-0.2, 0) is 16.0 Å². The number of nitrogens with zero attached hydrogens (tertiary/aromatic N) is 2. The van der Waals surface area contributed by atoms with Crippen molar-refractivity contribution < 1.29 is 14.7 Å². The van der Waals surface area contributed by atoms with Crippen LogP contribution in [0.15, 0.2) is 24.3 Å². The number of carbonyl (C=O) groups excluding carboxylic acids is 1. The lowest BCUT2D eigenvalue weighted by molar-refractivity contribution is -0.148. The molecule has 2 rings (SSSR count). The van der Waals surface area contributed by atoms with E-state index in [0.29, 0.717) is 19.4 Å². The standard InChI is InChI=1S/C17H24N2O3/c1-18(2)14-10-8-13(9-11-14)5-3-7-16(20)19-12-4-6-15(19)17(21)22/h8-11,15H,3-7,12H2,1-2H3,(H,21,22). The molecule has 1 saturated heterocycles. The van der Waals surface area contributed by atoms with Gasteiger partial charge in [-0.2, -0.15) is 0 Å². The third-order valence-electron chi connectivity index (χ3n) is 4.17. The highest BCUT2D eigenvalue weighted by molar-refractivity contribution is 5.84. The van der Waals surface area contributed by atoms with E-state index in [-0.39, 0.29) is 5.91 Å². The fourth-order valence-corrected chi connectivity index (χ4v) is 2.87. The van der Waals surface area contributed by atoms with Crippen LogP contribution < -0.4 is 4.90 Å². The van der Waals surface area contributed by atoms with Gasteiger partial charge in [0.1, 0.15) is 6.04 Å². The van der Waals surface area contributed by atoms with E-state index in [1.807, 2.05) is 19.0 Å². The van der Waals surface area contributed by atoms with Crippen LogP contribution in [0, 0.1) is 0 Å². The molecule has 0 saturated carbocycles. The lowest BCUT2D eigenvalue weighted by atomic mass is 10.1. The normalized spacial score (nSPS) is 17.5. The van der Waals surface area contributed by atoms with Crippen molar-refractivity contribution in [3.63, 3.8) is 0 Å². The molecule has 1 aliphatic heterocycles. The van der Waals surface area contributed by atoms with Gasteiger partial charge in [0.15, 0.2) is 0 Å². The first-order chi connectivity index (χ1) is 10.5. The molecule has 1 fully saturated rings. The SMILES string of the molecule is CN(C)c1ccc(CCCC(=O)N2CCCC2C(=O)O)cc1. The number of rotatable bonds is 6. The molecule has 120 valence electrons. The minimum absolute atomic E-state index is 0.0326. The fraction of sp³-hybridized carbons (Fsp3) is 0.529. The Bertz CT molecular complexity index is 525. The van der Waals surface area contributed by atoms with Crippen molar-refractivity contribution in [1.29, 1.82) is 0 Å². The van der Waals surface area contributed by atoms with Crippen molar-refractivity contribution >= 4 is 17.6 Å². The molecule has 0 spiro atoms. The number of aliphatic carboxylic acids is 1. The molecule has 0 bridgehead atoms. The highest BCUT2D eigenvalue weighted by Gasteiger charge is 2.33. The molecule has 1 amide bonds. The number of carboxylic acid groups (broad SMARTS) is 1. The predicted octanol–water partition coefficient (Wildman–Crippen LogP) is 2.15. The van der Waals surface area contributed by atoms with Crippen LogP contribution in [0.2, 0.25) is 0 Å². The van der Waals surface area contributed by atoms with Gasteiger partial charge in [0.05, 0.1) is 0 Å². The number of aryl methyl sites for hydroxylation is 1. The summed E-state index contributed by atoms with van der Waals surface area (Å²) in [6.07, 6.45) is 3.37. The monoisotopic (exact) mass is 304 g/mol. The molecular weight excluding hydrogens is 280 g/mol. The fourth-order valence-electron chi connectivity index (χ4n) is 2.87. The smallest absolute Gasteiger partial charge is 0.326 e. The number of hydrogen-bond donors (Lipinski definition) is 1. The Hall–Kier alpha value is -2.04. The van der Waals surface area contributed by atoms with Crippen LogP contribution in [0.3, 0.4) is 0 Å². The molecule has 1 aromatic rings. The van der Waals surface area contributed by atoms with E-state index in [1.54, 1.807) is 0 Å². The Labute approximate surface area is 131 Å². The molecule has 1 aliphatic rings. The summed E-state index contributed by atoms with van der Waals surface area (Å²) in [4.78, 5) is 26.8. The van der Waals surface area contributed by atoms with E-state index >= 15 is 0 Å². The van der Waals surface area contributed by atoms with Crippen LogP contribution >= 0.6 is 0 Å². The summed E-state index contributed by atoms with van der Waals surface area (Å²) in [5.41, 5.74) is 2.36. The molecular formula is C17H24N2O3. The Morgan fingerprint density at radius 1 is 1.27 bits per heavy atom. The summed E-state index contributed by atoms with van der Waals surface area (Å²) in [5, 5.41) is 9.11. The average Bonchev–Trinajstić information content (AvgIpc) is 2.97. The van der Waals surface area contributed by atoms with E-state index in [0.717, 1.165) is 24.9 Å². The molecule has 1 atom stereocenters. The van der Waals surface area contributed by atoms with Crippen molar-refractivity contribution in [2.75, 3.05) is 25.5 Å². The number of benzene rings is 1. The quantitative estimate of drug-likeness (QED) is 0.875. The molecule has 22 heavy (non-hydrogen) atoms. The third-order valence-corrected chi connectivity index (χ3v) is 4.17. The van der Waals surface area contributed by atoms with Crippen LogP contribution in [0.5, 0.6) is 0 Å². The maximum atomic E-state index is 12.1. The van der Waals surface area contributed by atoms with Crippen molar-refractivity contribution in [3.8, 4) is 0 Å². The summed E-state index contributed by atoms with van der Waals surface area (Å²) in [7, 11) is 4.01. The maximum Gasteiger partial charge on any atom is 0.326 e. The van der Waals surface area contributed by atoms with Gasteiger partial charge in [0.2, 0.25) is 5.91 Å². The average molecular weight is 304 g/mol. The van der Waals surface area contributed by atoms with Crippen molar-refractivity contribution in [2.45, 2.75) is 38.1 Å². The molecule has 1 heterocycles. The van der Waals surface area contributed by atoms with E-state index < -0.39 is 12.0 Å². The first kappa shape index (κ1) is 16.3. The molecule has 0 aliphatic carbocycles. The van der Waals surface area contributed by atoms with Gasteiger partial charge in [-0.05, 0) is 43.4 Å². The van der Waals surface area contributed by atoms with Crippen molar-refractivity contribution in [2.24, 2.45) is 0 Å². The number of carboxylic acids is 1. The lowest BCUT2D eigenvalue weighted by Crippen LogP contribution is -2.40. The maximum absolute atomic E-state index is 12.1. The van der Waals surface area contributed by atoms with Gasteiger partial charge in [-0.15, -0.1) is 0 Å². The second-order valence-corrected chi connectivity index (χ2v) is 6.00. The first-order valence-electron chi connectivity index (χ1n) is 7.77. The van der Waals surface area contributed by atoms with Crippen LogP contribution in [0.25, 0.3) is 0 Å². The molecule has 1 N–H and O–H groups in total. The number of carbonyl (C=O) groups is 2. The number of hydrogen-bond acceptors (Lipinski definition) is 3. The van der Waals surface area contributed by atoms with Crippen molar-refractivity contribution in [1.82, 2.24) is 4.90 Å². The molecule has 0 aromatic heterocycles. The highest BCUT2D eigenvalue weighted by atomic mass is 16.4. The Morgan fingerprint density at radius 2 is 1.95 bits per heavy atom. The summed E-state index contributed by atoms with van der Waals surface area (Å²) < 4.78 is 0. The topological polar surface area (TPSA) is 60.9 Å². The van der Waals surface area contributed by atoms with Crippen LogP contribution in [-0.4, -0.2) is 48.6 Å². The van der Waals surface area contributed by atoms with Gasteiger partial charge in [0, 0.05) is 32.7 Å². The van der Waals surface area contributed by atoms with Gasteiger partial charge in [-0.3, -0.25) is 4.79 Å². The zero-order valence-electron chi connectivity index (χ0n) is 13.3. The zero-order valence-corrected chi connectivity index (χ0v) is 13.3. The molecule has 5 heteroatoms. The second kappa shape index (κ2) is 7.29. The summed E-state index contributed by atoms with van der Waals surface area (Å²) in [6.45, 7) is 0.577. The van der Waals surface area contributed by atoms with E-state index in [9.17, 15) is 9.59 Å². The summed E-state index contributed by atoms with van der Waals surface area (Å²) in [5.74, 6) is -0.917. The van der Waals surface area contributed by atoms with Gasteiger partial charge in [0.25, 0.3) is 0 Å². The summed E-state index contributed by atoms with van der Waals surface area (Å²) >= 11 is 0. The first-order valence-corrected chi connectivity index (χ1v) is 7.77. The molecule has 0 radical (unpaired) electrons. The van der Waals surface area contributed by atoms with Gasteiger partial charge >= 0.3 is 5.97 Å². The lowest BCUT2D eigenvalue weighted by Gasteiger charge is -2.21. The van der Waals surface area contributed by atoms with E-state index in [4.69, 9.17) is 5.11 Å². The highest BCUT2D eigenvalue weighted by Crippen LogP contribution is 2.20. The van der Waals surface area contributed by atoms with Gasteiger partial charge in [-0.1, -0.05) is 12.1 Å². The van der Waals surface area contributed by atoms with Gasteiger partial charge in [-0.25, -0.2) is 4.79 Å². The molecule has 5 nitrogen and oxygen atoms in total. The Morgan fingerprint density at radius 3 is 2.55 bits per heavy atom. The number of amides is 1. The second-order valence-electron chi connectivity index (χ2n) is 6.00. The molecule has 1 unspecified atom stereocenters. The van der Waals surface area contributed by atoms with E-state index in [1.165, 1.54) is 10.5 Å². The van der Waals surface area contributed by atoms with Crippen LogP contribution in [0.4, 0.5) is 5.69 Å². The number of likely N-dealkylation sites (tertiary alicyclic amines) is 1. The number of anilines is 1. The predicted molar refractivity (Wildman–Crippen MR) is 86.1 cm³/mol. The molecule has 1 aromatic carbocycles. The largest absolute Gasteiger partial charge is 0.480 e. The minimum Gasteiger partial charge on any atom is -0.480 e. The summed E-state index contributed by atoms with van der Waals surface area (Å²) in [6, 6.07) is 7.67. The Balaban J connectivity index is 1.80. The zero-order chi connectivity index (χ0) is 16.1.